The number of rotatable bonds is 7. The van der Waals surface area contributed by atoms with Crippen molar-refractivity contribution < 1.29 is 23.8 Å². The summed E-state index contributed by atoms with van der Waals surface area (Å²) >= 11 is 0. The van der Waals surface area contributed by atoms with Gasteiger partial charge in [-0.05, 0) is 36.8 Å². The van der Waals surface area contributed by atoms with Gasteiger partial charge in [-0.15, -0.1) is 0 Å². The fraction of sp³-hybridized carbons (Fsp3) is 0.273. The molecule has 0 aromatic heterocycles. The molecule has 2 aromatic rings. The van der Waals surface area contributed by atoms with E-state index < -0.39 is 12.0 Å². The van der Waals surface area contributed by atoms with Gasteiger partial charge in [0.15, 0.2) is 0 Å². The zero-order valence-corrected chi connectivity index (χ0v) is 16.7. The first-order chi connectivity index (χ1) is 14.0. The summed E-state index contributed by atoms with van der Waals surface area (Å²) < 4.78 is 16.2. The van der Waals surface area contributed by atoms with Gasteiger partial charge in [-0.3, -0.25) is 0 Å². The smallest absolute Gasteiger partial charge is 0.338 e. The minimum absolute atomic E-state index is 0.0947. The van der Waals surface area contributed by atoms with Crippen LogP contribution >= 0.6 is 0 Å². The fourth-order valence-electron chi connectivity index (χ4n) is 3.03. The van der Waals surface area contributed by atoms with E-state index in [1.807, 2.05) is 42.5 Å². The lowest BCUT2D eigenvalue weighted by atomic mass is 9.95. The van der Waals surface area contributed by atoms with E-state index in [2.05, 4.69) is 5.32 Å². The molecule has 0 saturated carbocycles. The topological polar surface area (TPSA) is 77.1 Å². The first-order valence-corrected chi connectivity index (χ1v) is 9.25. The molecule has 29 heavy (non-hydrogen) atoms. The van der Waals surface area contributed by atoms with Crippen LogP contribution in [0.1, 0.15) is 18.5 Å². The molecule has 1 heterocycles. The maximum atomic E-state index is 12.8. The molecule has 0 radical (unpaired) electrons. The molecule has 0 bridgehead atoms. The molecular formula is C22H24N2O5. The number of nitrogens with one attached hydrogen (secondary N) is 1. The van der Waals surface area contributed by atoms with Crippen LogP contribution < -0.4 is 14.8 Å². The highest BCUT2D eigenvalue weighted by Gasteiger charge is 2.35. The average molecular weight is 396 g/mol. The minimum atomic E-state index is -0.604. The van der Waals surface area contributed by atoms with Gasteiger partial charge in [-0.25, -0.2) is 9.59 Å². The summed E-state index contributed by atoms with van der Waals surface area (Å²) in [6.07, 6.45) is 0. The molecule has 1 atom stereocenters. The molecule has 7 heteroatoms. The molecule has 1 aliphatic heterocycles. The Kier molecular flexibility index (Phi) is 6.39. The van der Waals surface area contributed by atoms with Crippen molar-refractivity contribution in [2.24, 2.45) is 0 Å². The zero-order valence-electron chi connectivity index (χ0n) is 16.7. The van der Waals surface area contributed by atoms with Crippen LogP contribution in [0.2, 0.25) is 0 Å². The van der Waals surface area contributed by atoms with E-state index >= 15 is 0 Å². The Bertz CT molecular complexity index is 893. The summed E-state index contributed by atoms with van der Waals surface area (Å²) in [7, 11) is 3.19. The summed E-state index contributed by atoms with van der Waals surface area (Å²) in [6, 6.07) is 15.6. The predicted molar refractivity (Wildman–Crippen MR) is 108 cm³/mol. The molecule has 0 aliphatic carbocycles. The van der Waals surface area contributed by atoms with Gasteiger partial charge >= 0.3 is 12.0 Å². The van der Waals surface area contributed by atoms with Gasteiger partial charge in [0.2, 0.25) is 0 Å². The van der Waals surface area contributed by atoms with Gasteiger partial charge in [0.1, 0.15) is 24.7 Å². The van der Waals surface area contributed by atoms with Gasteiger partial charge in [0.25, 0.3) is 0 Å². The summed E-state index contributed by atoms with van der Waals surface area (Å²) in [5, 5.41) is 2.85. The van der Waals surface area contributed by atoms with Crippen LogP contribution in [0.15, 0.2) is 65.9 Å². The third-order valence-corrected chi connectivity index (χ3v) is 4.75. The second kappa shape index (κ2) is 9.14. The highest BCUT2D eigenvalue weighted by Crippen LogP contribution is 2.31. The molecule has 2 amide bonds. The zero-order chi connectivity index (χ0) is 20.8. The number of methoxy groups -OCH3 is 1. The predicted octanol–water partition coefficient (Wildman–Crippen LogP) is 3.29. The maximum absolute atomic E-state index is 12.8. The van der Waals surface area contributed by atoms with E-state index in [4.69, 9.17) is 14.2 Å². The number of hydrogen-bond acceptors (Lipinski definition) is 5. The summed E-state index contributed by atoms with van der Waals surface area (Å²) in [5.74, 6) is 0.905. The number of amides is 2. The van der Waals surface area contributed by atoms with Crippen LogP contribution in [0.3, 0.4) is 0 Å². The number of carbonyl (C=O) groups is 2. The van der Waals surface area contributed by atoms with E-state index in [1.165, 1.54) is 4.90 Å². The summed E-state index contributed by atoms with van der Waals surface area (Å²) in [5.41, 5.74) is 1.69. The SMILES string of the molecule is COc1ccc([C@@H]2NC(=O)N(C)C(C)=C2C(=O)OCCOc2ccccc2)cc1. The van der Waals surface area contributed by atoms with Gasteiger partial charge in [-0.1, -0.05) is 30.3 Å². The van der Waals surface area contributed by atoms with E-state index in [0.29, 0.717) is 22.8 Å². The van der Waals surface area contributed by atoms with Crippen LogP contribution in [0.25, 0.3) is 0 Å². The largest absolute Gasteiger partial charge is 0.497 e. The number of urea groups is 1. The first-order valence-electron chi connectivity index (χ1n) is 9.25. The molecule has 3 rings (SSSR count). The Morgan fingerprint density at radius 2 is 1.72 bits per heavy atom. The van der Waals surface area contributed by atoms with Crippen molar-refractivity contribution in [3.8, 4) is 11.5 Å². The monoisotopic (exact) mass is 396 g/mol. The molecule has 0 saturated heterocycles. The normalized spacial score (nSPS) is 16.3. The Hall–Kier alpha value is -3.48. The number of esters is 1. The fourth-order valence-corrected chi connectivity index (χ4v) is 3.03. The Morgan fingerprint density at radius 1 is 1.03 bits per heavy atom. The maximum Gasteiger partial charge on any atom is 0.338 e. The highest BCUT2D eigenvalue weighted by molar-refractivity contribution is 5.95. The van der Waals surface area contributed by atoms with Gasteiger partial charge in [0, 0.05) is 12.7 Å². The third kappa shape index (κ3) is 4.68. The van der Waals surface area contributed by atoms with E-state index in [1.54, 1.807) is 33.2 Å². The van der Waals surface area contributed by atoms with Crippen LogP contribution in [0.5, 0.6) is 11.5 Å². The Balaban J connectivity index is 1.72. The lowest BCUT2D eigenvalue weighted by molar-refractivity contribution is -0.140. The standard InChI is InChI=1S/C22H24N2O5/c1-15-19(21(25)29-14-13-28-18-7-5-4-6-8-18)20(23-22(26)24(15)2)16-9-11-17(27-3)12-10-16/h4-12,20H,13-14H2,1-3H3,(H,23,26)/t20-/m0/s1. The van der Waals surface area contributed by atoms with Crippen LogP contribution in [-0.2, 0) is 9.53 Å². The lowest BCUT2D eigenvalue weighted by Crippen LogP contribution is -2.46. The van der Waals surface area contributed by atoms with Crippen molar-refractivity contribution in [3.05, 3.63) is 71.4 Å². The number of carbonyl (C=O) groups excluding carboxylic acids is 2. The average Bonchev–Trinajstić information content (AvgIpc) is 2.75. The van der Waals surface area contributed by atoms with Crippen molar-refractivity contribution >= 4 is 12.0 Å². The van der Waals surface area contributed by atoms with Crippen molar-refractivity contribution in [1.82, 2.24) is 10.2 Å². The van der Waals surface area contributed by atoms with Crippen molar-refractivity contribution in [1.29, 1.82) is 0 Å². The molecule has 2 aromatic carbocycles. The molecule has 0 spiro atoms. The van der Waals surface area contributed by atoms with Gasteiger partial charge in [-0.2, -0.15) is 0 Å². The van der Waals surface area contributed by atoms with Crippen molar-refractivity contribution in [3.63, 3.8) is 0 Å². The van der Waals surface area contributed by atoms with Crippen LogP contribution in [0.4, 0.5) is 4.79 Å². The molecule has 1 N–H and O–H groups in total. The van der Waals surface area contributed by atoms with Crippen molar-refractivity contribution in [2.45, 2.75) is 13.0 Å². The van der Waals surface area contributed by atoms with E-state index in [0.717, 1.165) is 5.56 Å². The van der Waals surface area contributed by atoms with Crippen LogP contribution in [0, 0.1) is 0 Å². The number of hydrogen-bond donors (Lipinski definition) is 1. The summed E-state index contributed by atoms with van der Waals surface area (Å²) in [4.78, 5) is 26.5. The van der Waals surface area contributed by atoms with Gasteiger partial charge < -0.3 is 24.4 Å². The summed E-state index contributed by atoms with van der Waals surface area (Å²) in [6.45, 7) is 2.06. The van der Waals surface area contributed by atoms with Crippen LogP contribution in [-0.4, -0.2) is 44.3 Å². The second-order valence-electron chi connectivity index (χ2n) is 6.51. The first kappa shape index (κ1) is 20.3. The van der Waals surface area contributed by atoms with E-state index in [9.17, 15) is 9.59 Å². The molecule has 7 nitrogen and oxygen atoms in total. The number of para-hydroxylation sites is 1. The quantitative estimate of drug-likeness (QED) is 0.574. The second-order valence-corrected chi connectivity index (χ2v) is 6.51. The Morgan fingerprint density at radius 3 is 2.38 bits per heavy atom. The molecule has 0 unspecified atom stereocenters. The van der Waals surface area contributed by atoms with Gasteiger partial charge in [0.05, 0.1) is 18.7 Å². The van der Waals surface area contributed by atoms with Crippen molar-refractivity contribution in [2.75, 3.05) is 27.4 Å². The lowest BCUT2D eigenvalue weighted by Gasteiger charge is -2.33. The number of allylic oxidation sites excluding steroid dienone is 1. The number of nitrogens with zero attached hydrogens (tertiary/aromatic N) is 1. The Labute approximate surface area is 169 Å². The molecular weight excluding hydrogens is 372 g/mol. The molecule has 152 valence electrons. The molecule has 1 aliphatic rings. The molecule has 0 fully saturated rings. The number of ether oxygens (including phenoxy) is 3. The number of benzene rings is 2. The van der Waals surface area contributed by atoms with E-state index in [-0.39, 0.29) is 19.2 Å². The minimum Gasteiger partial charge on any atom is -0.497 e. The highest BCUT2D eigenvalue weighted by atomic mass is 16.6. The third-order valence-electron chi connectivity index (χ3n) is 4.75.